The first kappa shape index (κ1) is 16.5. The van der Waals surface area contributed by atoms with Crippen molar-refractivity contribution in [2.75, 3.05) is 0 Å². The van der Waals surface area contributed by atoms with Gasteiger partial charge in [-0.3, -0.25) is 9.59 Å². The van der Waals surface area contributed by atoms with Crippen molar-refractivity contribution in [3.8, 4) is 0 Å². The summed E-state index contributed by atoms with van der Waals surface area (Å²) in [5.74, 6) is -2.50. The first-order chi connectivity index (χ1) is 9.31. The van der Waals surface area contributed by atoms with Gasteiger partial charge in [0.2, 0.25) is 5.91 Å². The lowest BCUT2D eigenvalue weighted by molar-refractivity contribution is -0.139. The standard InChI is InChI=1S/C12H12BrClN2O4/c13-6-1-2-7(8(14)5-6)11(18)16-9(12(19)20)3-4-10(15)17/h1-2,5,9H,3-4H2,(H2,15,17)(H,16,18)(H,19,20)/t9-/m0/s1. The Labute approximate surface area is 128 Å². The molecule has 0 fully saturated rings. The SMILES string of the molecule is NC(=O)CC[C@H](NC(=O)c1ccc(Br)cc1Cl)C(=O)O. The normalized spacial score (nSPS) is 11.7. The van der Waals surface area contributed by atoms with Crippen LogP contribution in [0.1, 0.15) is 23.2 Å². The molecule has 0 bridgehead atoms. The zero-order chi connectivity index (χ0) is 15.3. The van der Waals surface area contributed by atoms with Crippen LogP contribution in [0.15, 0.2) is 22.7 Å². The summed E-state index contributed by atoms with van der Waals surface area (Å²) in [6.45, 7) is 0. The summed E-state index contributed by atoms with van der Waals surface area (Å²) in [6, 6.07) is 3.40. The summed E-state index contributed by atoms with van der Waals surface area (Å²) in [6.07, 6.45) is -0.212. The largest absolute Gasteiger partial charge is 0.480 e. The van der Waals surface area contributed by atoms with Crippen LogP contribution in [0.25, 0.3) is 0 Å². The number of rotatable bonds is 6. The number of aliphatic carboxylic acids is 1. The van der Waals surface area contributed by atoms with Crippen LogP contribution in [0.5, 0.6) is 0 Å². The van der Waals surface area contributed by atoms with E-state index in [0.717, 1.165) is 0 Å². The Kier molecular flexibility index (Phi) is 5.97. The number of halogens is 2. The monoisotopic (exact) mass is 362 g/mol. The molecule has 0 aromatic heterocycles. The molecule has 8 heteroatoms. The number of primary amides is 1. The Balaban J connectivity index is 2.80. The van der Waals surface area contributed by atoms with Gasteiger partial charge in [-0.2, -0.15) is 0 Å². The Bertz CT molecular complexity index is 550. The molecule has 20 heavy (non-hydrogen) atoms. The minimum atomic E-state index is -1.24. The lowest BCUT2D eigenvalue weighted by Gasteiger charge is -2.14. The second kappa shape index (κ2) is 7.25. The number of carbonyl (C=O) groups excluding carboxylic acids is 2. The molecule has 1 atom stereocenters. The average molecular weight is 364 g/mol. The molecule has 0 heterocycles. The lowest BCUT2D eigenvalue weighted by Crippen LogP contribution is -2.41. The Hall–Kier alpha value is -1.60. The number of amides is 2. The lowest BCUT2D eigenvalue weighted by atomic mass is 10.1. The molecule has 1 aromatic rings. The van der Waals surface area contributed by atoms with Crippen molar-refractivity contribution in [1.29, 1.82) is 0 Å². The Morgan fingerprint density at radius 1 is 1.40 bits per heavy atom. The Morgan fingerprint density at radius 2 is 2.05 bits per heavy atom. The van der Waals surface area contributed by atoms with Crippen molar-refractivity contribution < 1.29 is 19.5 Å². The van der Waals surface area contributed by atoms with Crippen molar-refractivity contribution in [2.24, 2.45) is 5.73 Å². The fourth-order valence-corrected chi connectivity index (χ4v) is 2.21. The van der Waals surface area contributed by atoms with Gasteiger partial charge in [0.05, 0.1) is 10.6 Å². The number of carboxylic acid groups (broad SMARTS) is 1. The Morgan fingerprint density at radius 3 is 2.55 bits per heavy atom. The third kappa shape index (κ3) is 4.82. The molecule has 0 saturated heterocycles. The molecule has 0 saturated carbocycles. The van der Waals surface area contributed by atoms with Gasteiger partial charge < -0.3 is 16.2 Å². The van der Waals surface area contributed by atoms with Crippen LogP contribution in [0, 0.1) is 0 Å². The highest BCUT2D eigenvalue weighted by molar-refractivity contribution is 9.10. The zero-order valence-electron chi connectivity index (χ0n) is 10.2. The molecule has 0 radical (unpaired) electrons. The van der Waals surface area contributed by atoms with Crippen LogP contribution in [0.4, 0.5) is 0 Å². The van der Waals surface area contributed by atoms with Crippen molar-refractivity contribution in [1.82, 2.24) is 5.32 Å². The van der Waals surface area contributed by atoms with Crippen LogP contribution in [-0.2, 0) is 9.59 Å². The molecular weight excluding hydrogens is 351 g/mol. The van der Waals surface area contributed by atoms with Gasteiger partial charge in [-0.15, -0.1) is 0 Å². The van der Waals surface area contributed by atoms with E-state index in [-0.39, 0.29) is 23.4 Å². The van der Waals surface area contributed by atoms with Crippen LogP contribution < -0.4 is 11.1 Å². The van der Waals surface area contributed by atoms with E-state index in [1.165, 1.54) is 12.1 Å². The summed E-state index contributed by atoms with van der Waals surface area (Å²) in [7, 11) is 0. The van der Waals surface area contributed by atoms with E-state index in [0.29, 0.717) is 4.47 Å². The van der Waals surface area contributed by atoms with Gasteiger partial charge in [-0.05, 0) is 24.6 Å². The number of carboxylic acids is 1. The van der Waals surface area contributed by atoms with Crippen molar-refractivity contribution in [3.63, 3.8) is 0 Å². The molecule has 4 N–H and O–H groups in total. The average Bonchev–Trinajstić information content (AvgIpc) is 2.33. The van der Waals surface area contributed by atoms with E-state index in [1.807, 2.05) is 0 Å². The molecule has 0 spiro atoms. The maximum Gasteiger partial charge on any atom is 0.326 e. The highest BCUT2D eigenvalue weighted by Gasteiger charge is 2.22. The third-order valence-corrected chi connectivity index (χ3v) is 3.26. The quantitative estimate of drug-likeness (QED) is 0.712. The van der Waals surface area contributed by atoms with Gasteiger partial charge >= 0.3 is 5.97 Å². The van der Waals surface area contributed by atoms with E-state index in [9.17, 15) is 14.4 Å². The first-order valence-electron chi connectivity index (χ1n) is 5.58. The number of hydrogen-bond acceptors (Lipinski definition) is 3. The highest BCUT2D eigenvalue weighted by atomic mass is 79.9. The maximum atomic E-state index is 11.9. The predicted molar refractivity (Wildman–Crippen MR) is 76.5 cm³/mol. The number of nitrogens with one attached hydrogen (secondary N) is 1. The number of benzene rings is 1. The molecule has 0 aliphatic carbocycles. The molecule has 0 unspecified atom stereocenters. The molecule has 1 aromatic carbocycles. The summed E-state index contributed by atoms with van der Waals surface area (Å²) < 4.78 is 0.697. The zero-order valence-corrected chi connectivity index (χ0v) is 12.6. The molecule has 6 nitrogen and oxygen atoms in total. The van der Waals surface area contributed by atoms with Gasteiger partial charge in [0.1, 0.15) is 6.04 Å². The summed E-state index contributed by atoms with van der Waals surface area (Å²) >= 11 is 9.10. The summed E-state index contributed by atoms with van der Waals surface area (Å²) in [5, 5.41) is 11.5. The van der Waals surface area contributed by atoms with E-state index < -0.39 is 23.8 Å². The number of carbonyl (C=O) groups is 3. The molecule has 108 valence electrons. The van der Waals surface area contributed by atoms with E-state index >= 15 is 0 Å². The van der Waals surface area contributed by atoms with Gasteiger partial charge in [-0.25, -0.2) is 4.79 Å². The molecular formula is C12H12BrClN2O4. The number of hydrogen-bond donors (Lipinski definition) is 3. The van der Waals surface area contributed by atoms with Crippen LogP contribution >= 0.6 is 27.5 Å². The molecule has 0 aliphatic rings. The minimum absolute atomic E-state index is 0.0788. The van der Waals surface area contributed by atoms with Gasteiger partial charge in [0, 0.05) is 10.9 Å². The summed E-state index contributed by atoms with van der Waals surface area (Å²) in [4.78, 5) is 33.6. The van der Waals surface area contributed by atoms with E-state index in [1.54, 1.807) is 6.07 Å². The predicted octanol–water partition coefficient (Wildman–Crippen LogP) is 1.55. The van der Waals surface area contributed by atoms with Crippen molar-refractivity contribution >= 4 is 45.3 Å². The molecule has 2 amide bonds. The van der Waals surface area contributed by atoms with Crippen LogP contribution in [0.2, 0.25) is 5.02 Å². The fourth-order valence-electron chi connectivity index (χ4n) is 1.45. The van der Waals surface area contributed by atoms with E-state index in [4.69, 9.17) is 22.4 Å². The first-order valence-corrected chi connectivity index (χ1v) is 6.75. The van der Waals surface area contributed by atoms with Crippen LogP contribution in [-0.4, -0.2) is 28.9 Å². The highest BCUT2D eigenvalue weighted by Crippen LogP contribution is 2.21. The number of nitrogens with two attached hydrogens (primary N) is 1. The second-order valence-electron chi connectivity index (χ2n) is 3.99. The minimum Gasteiger partial charge on any atom is -0.480 e. The molecule has 0 aliphatic heterocycles. The summed E-state index contributed by atoms with van der Waals surface area (Å²) in [5.41, 5.74) is 5.11. The fraction of sp³-hybridized carbons (Fsp3) is 0.250. The smallest absolute Gasteiger partial charge is 0.326 e. The van der Waals surface area contributed by atoms with Crippen molar-refractivity contribution in [2.45, 2.75) is 18.9 Å². The van der Waals surface area contributed by atoms with Crippen molar-refractivity contribution in [3.05, 3.63) is 33.3 Å². The van der Waals surface area contributed by atoms with Crippen LogP contribution in [0.3, 0.4) is 0 Å². The topological polar surface area (TPSA) is 109 Å². The van der Waals surface area contributed by atoms with Gasteiger partial charge in [0.15, 0.2) is 0 Å². The molecule has 1 rings (SSSR count). The van der Waals surface area contributed by atoms with Gasteiger partial charge in [0.25, 0.3) is 5.91 Å². The third-order valence-electron chi connectivity index (χ3n) is 2.46. The van der Waals surface area contributed by atoms with E-state index in [2.05, 4.69) is 21.2 Å². The maximum absolute atomic E-state index is 11.9. The second-order valence-corrected chi connectivity index (χ2v) is 5.32. The van der Waals surface area contributed by atoms with Gasteiger partial charge in [-0.1, -0.05) is 27.5 Å².